The quantitative estimate of drug-likeness (QED) is 0.136. The average molecular weight is 851 g/mol. The summed E-state index contributed by atoms with van der Waals surface area (Å²) in [5.74, 6) is 0.616. The van der Waals surface area contributed by atoms with Gasteiger partial charge in [0.1, 0.15) is 5.52 Å². The third-order valence-electron chi connectivity index (χ3n) is 12.6. The van der Waals surface area contributed by atoms with Crippen molar-refractivity contribution in [2.75, 3.05) is 4.90 Å². The number of fused-ring (bicyclic) bond motifs is 6. The third-order valence-corrected chi connectivity index (χ3v) is 16.5. The molecule has 308 valence electrons. The molecule has 11 aromatic carbocycles. The molecule has 12 rings (SSSR count). The number of aromatic nitrogens is 1. The van der Waals surface area contributed by atoms with Gasteiger partial charge in [0.2, 0.25) is 5.89 Å². The Morgan fingerprint density at radius 3 is 1.63 bits per heavy atom. The fourth-order valence-electron chi connectivity index (χ4n) is 9.51. The van der Waals surface area contributed by atoms with Crippen molar-refractivity contribution in [3.63, 3.8) is 0 Å². The number of anilines is 3. The molecule has 12 aromatic rings. The van der Waals surface area contributed by atoms with Crippen molar-refractivity contribution in [2.24, 2.45) is 0 Å². The second-order valence-corrected chi connectivity index (χ2v) is 19.4. The first-order valence-electron chi connectivity index (χ1n) is 22.0. The monoisotopic (exact) mass is 850 g/mol. The van der Waals surface area contributed by atoms with Crippen LogP contribution in [0.3, 0.4) is 0 Å². The molecule has 3 nitrogen and oxygen atoms in total. The molecule has 0 atom stereocenters. The van der Waals surface area contributed by atoms with E-state index >= 15 is 0 Å². The minimum atomic E-state index is -2.14. The molecule has 0 aliphatic carbocycles. The molecule has 1 heterocycles. The fraction of sp³-hybridized carbons (Fsp3) is 0. The molecular weight excluding hydrogens is 809 g/mol. The molecule has 0 saturated heterocycles. The maximum atomic E-state index is 6.72. The second-order valence-electron chi connectivity index (χ2n) is 16.3. The van der Waals surface area contributed by atoms with E-state index < -0.39 is 10.0 Å². The highest BCUT2D eigenvalue weighted by Gasteiger charge is 2.37. The van der Waals surface area contributed by atoms with Crippen molar-refractivity contribution in [3.05, 3.63) is 255 Å². The van der Waals surface area contributed by atoms with Gasteiger partial charge < -0.3 is 9.32 Å². The Morgan fingerprint density at radius 1 is 0.369 bits per heavy atom. The smallest absolute Gasteiger partial charge is 0.227 e. The van der Waals surface area contributed by atoms with Gasteiger partial charge in [0.05, 0.1) is 5.69 Å². The van der Waals surface area contributed by atoms with Crippen LogP contribution >= 0.6 is 10.0 Å². The summed E-state index contributed by atoms with van der Waals surface area (Å²) in [6.07, 6.45) is 0. The molecule has 0 aliphatic heterocycles. The van der Waals surface area contributed by atoms with Crippen molar-refractivity contribution < 1.29 is 4.42 Å². The molecule has 0 amide bonds. The zero-order valence-electron chi connectivity index (χ0n) is 35.5. The van der Waals surface area contributed by atoms with E-state index in [2.05, 4.69) is 229 Å². The van der Waals surface area contributed by atoms with Crippen LogP contribution in [0.1, 0.15) is 0 Å². The topological polar surface area (TPSA) is 29.3 Å². The van der Waals surface area contributed by atoms with Crippen molar-refractivity contribution in [1.82, 2.24) is 4.98 Å². The predicted octanol–water partition coefficient (Wildman–Crippen LogP) is 17.4. The van der Waals surface area contributed by atoms with Gasteiger partial charge in [0, 0.05) is 41.9 Å². The molecule has 0 fully saturated rings. The van der Waals surface area contributed by atoms with Gasteiger partial charge >= 0.3 is 0 Å². The number of oxazole rings is 1. The highest BCUT2D eigenvalue weighted by atomic mass is 32.3. The van der Waals surface area contributed by atoms with Gasteiger partial charge in [-0.2, -0.15) is 0 Å². The molecular formula is C61H42N2OS. The van der Waals surface area contributed by atoms with Crippen LogP contribution in [0.15, 0.2) is 279 Å². The molecule has 0 aliphatic rings. The molecule has 0 radical (unpaired) electrons. The van der Waals surface area contributed by atoms with E-state index in [1.165, 1.54) is 41.5 Å². The number of hydrogen-bond acceptors (Lipinski definition) is 3. The first kappa shape index (κ1) is 38.5. The summed E-state index contributed by atoms with van der Waals surface area (Å²) in [5.41, 5.74) is 8.12. The summed E-state index contributed by atoms with van der Waals surface area (Å²) >= 11 is 0. The Morgan fingerprint density at radius 2 is 0.908 bits per heavy atom. The maximum Gasteiger partial charge on any atom is 0.227 e. The van der Waals surface area contributed by atoms with Crippen molar-refractivity contribution in [1.29, 1.82) is 0 Å². The first-order chi connectivity index (χ1) is 32.2. The highest BCUT2D eigenvalue weighted by Crippen LogP contribution is 2.75. The van der Waals surface area contributed by atoms with Crippen LogP contribution in [0.5, 0.6) is 0 Å². The zero-order valence-corrected chi connectivity index (χ0v) is 36.3. The molecule has 0 bridgehead atoms. The van der Waals surface area contributed by atoms with E-state index in [0.29, 0.717) is 5.89 Å². The Kier molecular flexibility index (Phi) is 9.58. The number of hydrogen-bond donors (Lipinski definition) is 0. The summed E-state index contributed by atoms with van der Waals surface area (Å²) in [7, 11) is -2.14. The summed E-state index contributed by atoms with van der Waals surface area (Å²) in [5, 5.41) is 6.82. The summed E-state index contributed by atoms with van der Waals surface area (Å²) < 4.78 is 6.72. The number of benzene rings is 11. The van der Waals surface area contributed by atoms with Gasteiger partial charge in [-0.25, -0.2) is 4.98 Å². The van der Waals surface area contributed by atoms with E-state index in [9.17, 15) is 0 Å². The largest absolute Gasteiger partial charge is 0.435 e. The molecule has 0 N–H and O–H groups in total. The third kappa shape index (κ3) is 6.66. The average Bonchev–Trinajstić information content (AvgIpc) is 3.83. The minimum absolute atomic E-state index is 0.616. The van der Waals surface area contributed by atoms with E-state index in [-0.39, 0.29) is 0 Å². The lowest BCUT2D eigenvalue weighted by Crippen LogP contribution is -2.15. The highest BCUT2D eigenvalue weighted by molar-refractivity contribution is 8.34. The molecule has 0 saturated carbocycles. The summed E-state index contributed by atoms with van der Waals surface area (Å²) in [4.78, 5) is 12.5. The van der Waals surface area contributed by atoms with E-state index in [0.717, 1.165) is 55.3 Å². The van der Waals surface area contributed by atoms with Gasteiger partial charge in [0.15, 0.2) is 5.58 Å². The van der Waals surface area contributed by atoms with Crippen molar-refractivity contribution in [2.45, 2.75) is 19.6 Å². The van der Waals surface area contributed by atoms with Gasteiger partial charge in [0.25, 0.3) is 0 Å². The number of rotatable bonds is 9. The van der Waals surface area contributed by atoms with Gasteiger partial charge in [-0.15, -0.1) is 10.0 Å². The maximum absolute atomic E-state index is 6.72. The van der Waals surface area contributed by atoms with Crippen LogP contribution in [0.2, 0.25) is 0 Å². The van der Waals surface area contributed by atoms with Crippen LogP contribution in [0.25, 0.3) is 66.0 Å². The minimum Gasteiger partial charge on any atom is -0.435 e. The van der Waals surface area contributed by atoms with Crippen LogP contribution in [-0.4, -0.2) is 4.98 Å². The Hall–Kier alpha value is -8.18. The summed E-state index contributed by atoms with van der Waals surface area (Å²) in [6.45, 7) is 0. The SMILES string of the molecule is c1ccc(-c2ccc(N(c3ccc4ccc5ccc6nc(-c7ccccc7)oc6c5c4c3)c3ccccc3S(c3ccccc3)(c3ccccc3)c3ccc4ccccc4c3)cc2)cc1. The van der Waals surface area contributed by atoms with Crippen LogP contribution < -0.4 is 4.90 Å². The van der Waals surface area contributed by atoms with Crippen molar-refractivity contribution in [3.8, 4) is 22.6 Å². The van der Waals surface area contributed by atoms with Crippen LogP contribution in [-0.2, 0) is 0 Å². The molecule has 0 spiro atoms. The van der Waals surface area contributed by atoms with Crippen molar-refractivity contribution >= 4 is 70.5 Å². The number of nitrogens with zero attached hydrogens (tertiary/aromatic N) is 2. The van der Waals surface area contributed by atoms with Crippen LogP contribution in [0.4, 0.5) is 17.1 Å². The second kappa shape index (κ2) is 16.2. The molecule has 1 aromatic heterocycles. The Bertz CT molecular complexity index is 3610. The van der Waals surface area contributed by atoms with E-state index in [1.807, 2.05) is 30.3 Å². The van der Waals surface area contributed by atoms with E-state index in [4.69, 9.17) is 9.40 Å². The lowest BCUT2D eigenvalue weighted by molar-refractivity contribution is 0.623. The Labute approximate surface area is 379 Å². The molecule has 0 unspecified atom stereocenters. The fourth-order valence-corrected chi connectivity index (χ4v) is 13.6. The zero-order chi connectivity index (χ0) is 43.2. The predicted molar refractivity (Wildman–Crippen MR) is 272 cm³/mol. The number of para-hydroxylation sites is 1. The molecule has 4 heteroatoms. The van der Waals surface area contributed by atoms with Crippen LogP contribution in [0, 0.1) is 0 Å². The molecule has 65 heavy (non-hydrogen) atoms. The van der Waals surface area contributed by atoms with Gasteiger partial charge in [-0.1, -0.05) is 164 Å². The van der Waals surface area contributed by atoms with Gasteiger partial charge in [-0.3, -0.25) is 0 Å². The Balaban J connectivity index is 1.15. The van der Waals surface area contributed by atoms with E-state index in [1.54, 1.807) is 0 Å². The van der Waals surface area contributed by atoms with Gasteiger partial charge in [-0.05, 0) is 129 Å². The lowest BCUT2D eigenvalue weighted by Gasteiger charge is -2.44. The summed E-state index contributed by atoms with van der Waals surface area (Å²) in [6, 6.07) is 92.4. The standard InChI is InChI=1S/C61H42N2OS/c1-5-17-43(18-6-1)45-31-36-50(37-32-45)63(51-38-33-46-29-30-47-35-40-56-60(59(47)55(46)42-51)64-61(62-56)48-20-7-2-8-21-48)57-27-15-16-28-58(57)65(52-23-9-3-10-24-52,53-25-11-4-12-26-53)54-39-34-44-19-13-14-22-49(44)41-54/h1-42H. The lowest BCUT2D eigenvalue weighted by atomic mass is 10.00. The first-order valence-corrected chi connectivity index (χ1v) is 23.6. The normalized spacial score (nSPS) is 11.9.